The average molecular weight is 239 g/mol. The molecule has 1 aliphatic heterocycles. The summed E-state index contributed by atoms with van der Waals surface area (Å²) < 4.78 is 24.5. The van der Waals surface area contributed by atoms with Crippen molar-refractivity contribution in [3.8, 4) is 0 Å². The molecule has 1 aromatic rings. The number of nitrogens with zero attached hydrogens (tertiary/aromatic N) is 1. The number of anilines is 1. The molecule has 0 aliphatic carbocycles. The van der Waals surface area contributed by atoms with Gasteiger partial charge in [-0.2, -0.15) is 0 Å². The number of fused-ring (bicyclic) bond motifs is 1. The highest BCUT2D eigenvalue weighted by Gasteiger charge is 2.51. The van der Waals surface area contributed by atoms with Gasteiger partial charge in [-0.3, -0.25) is 9.69 Å². The van der Waals surface area contributed by atoms with Gasteiger partial charge in [-0.25, -0.2) is 8.42 Å². The Morgan fingerprint density at radius 1 is 1.25 bits per heavy atom. The van der Waals surface area contributed by atoms with Crippen LogP contribution >= 0.6 is 0 Å². The van der Waals surface area contributed by atoms with Crippen molar-refractivity contribution >= 4 is 21.4 Å². The average Bonchev–Trinajstić information content (AvgIpc) is 2.32. The van der Waals surface area contributed by atoms with Gasteiger partial charge in [0.15, 0.2) is 0 Å². The first-order chi connectivity index (χ1) is 7.30. The van der Waals surface area contributed by atoms with E-state index in [0.29, 0.717) is 5.69 Å². The predicted molar refractivity (Wildman–Crippen MR) is 60.9 cm³/mol. The summed E-state index contributed by atoms with van der Waals surface area (Å²) in [6, 6.07) is 6.58. The normalized spacial score (nSPS) is 20.6. The van der Waals surface area contributed by atoms with E-state index in [1.54, 1.807) is 32.0 Å². The minimum atomic E-state index is -3.47. The number of carbonyl (C=O) groups excluding carboxylic acids is 1. The van der Waals surface area contributed by atoms with Crippen LogP contribution in [0.3, 0.4) is 0 Å². The lowest BCUT2D eigenvalue weighted by molar-refractivity contribution is -0.117. The van der Waals surface area contributed by atoms with E-state index in [1.165, 1.54) is 17.9 Å². The molecule has 1 aromatic carbocycles. The largest absolute Gasteiger partial charge is 0.291 e. The van der Waals surface area contributed by atoms with Crippen LogP contribution < -0.4 is 4.90 Å². The van der Waals surface area contributed by atoms with Crippen LogP contribution in [0.25, 0.3) is 0 Å². The Balaban J connectivity index is 2.82. The SMILES string of the molecule is CC(=O)N1c2ccccc2S(=O)(=O)C1(C)C. The quantitative estimate of drug-likeness (QED) is 0.690. The maximum atomic E-state index is 12.2. The molecule has 1 heterocycles. The van der Waals surface area contributed by atoms with Gasteiger partial charge in [0.25, 0.3) is 0 Å². The van der Waals surface area contributed by atoms with Gasteiger partial charge in [-0.15, -0.1) is 0 Å². The summed E-state index contributed by atoms with van der Waals surface area (Å²) in [5.41, 5.74) is 0.472. The summed E-state index contributed by atoms with van der Waals surface area (Å²) in [6.07, 6.45) is 0. The number of carbonyl (C=O) groups is 1. The number of rotatable bonds is 0. The van der Waals surface area contributed by atoms with Crippen molar-refractivity contribution in [2.75, 3.05) is 4.90 Å². The van der Waals surface area contributed by atoms with E-state index < -0.39 is 14.7 Å². The van der Waals surface area contributed by atoms with Gasteiger partial charge in [0, 0.05) is 6.92 Å². The van der Waals surface area contributed by atoms with Crippen molar-refractivity contribution in [2.24, 2.45) is 0 Å². The van der Waals surface area contributed by atoms with E-state index in [1.807, 2.05) is 0 Å². The topological polar surface area (TPSA) is 54.5 Å². The molecule has 0 atom stereocenters. The monoisotopic (exact) mass is 239 g/mol. The first-order valence-corrected chi connectivity index (χ1v) is 6.43. The van der Waals surface area contributed by atoms with Crippen molar-refractivity contribution < 1.29 is 13.2 Å². The van der Waals surface area contributed by atoms with Gasteiger partial charge < -0.3 is 0 Å². The van der Waals surface area contributed by atoms with Crippen molar-refractivity contribution in [3.05, 3.63) is 24.3 Å². The first kappa shape index (κ1) is 11.1. The van der Waals surface area contributed by atoms with E-state index in [0.717, 1.165) is 0 Å². The van der Waals surface area contributed by atoms with E-state index >= 15 is 0 Å². The molecule has 0 spiro atoms. The standard InChI is InChI=1S/C11H13NO3S/c1-8(13)12-9-6-4-5-7-10(9)16(14,15)11(12,2)3/h4-7H,1-3H3. The summed E-state index contributed by atoms with van der Waals surface area (Å²) in [5, 5.41) is 0. The maximum absolute atomic E-state index is 12.2. The van der Waals surface area contributed by atoms with Crippen LogP contribution in [0.15, 0.2) is 29.2 Å². The molecule has 0 fully saturated rings. The lowest BCUT2D eigenvalue weighted by Crippen LogP contribution is -2.47. The highest BCUT2D eigenvalue weighted by atomic mass is 32.2. The van der Waals surface area contributed by atoms with Gasteiger partial charge in [0.05, 0.1) is 10.6 Å². The molecule has 0 N–H and O–H groups in total. The third kappa shape index (κ3) is 1.15. The fraction of sp³-hybridized carbons (Fsp3) is 0.364. The number of amides is 1. The third-order valence-electron chi connectivity index (χ3n) is 2.91. The number of para-hydroxylation sites is 1. The van der Waals surface area contributed by atoms with E-state index in [-0.39, 0.29) is 10.8 Å². The minimum absolute atomic E-state index is 0.232. The third-order valence-corrected chi connectivity index (χ3v) is 5.33. The molecule has 4 nitrogen and oxygen atoms in total. The zero-order chi connectivity index (χ0) is 12.1. The smallest absolute Gasteiger partial charge is 0.225 e. The molecule has 0 bridgehead atoms. The molecule has 0 radical (unpaired) electrons. The van der Waals surface area contributed by atoms with E-state index in [9.17, 15) is 13.2 Å². The fourth-order valence-corrected chi connectivity index (χ4v) is 3.80. The molecule has 0 saturated carbocycles. The zero-order valence-corrected chi connectivity index (χ0v) is 10.2. The van der Waals surface area contributed by atoms with Crippen LogP contribution in [0.2, 0.25) is 0 Å². The highest BCUT2D eigenvalue weighted by molar-refractivity contribution is 7.93. The van der Waals surface area contributed by atoms with Gasteiger partial charge >= 0.3 is 0 Å². The Morgan fingerprint density at radius 2 is 1.81 bits per heavy atom. The van der Waals surface area contributed by atoms with Crippen molar-refractivity contribution in [3.63, 3.8) is 0 Å². The number of hydrogen-bond acceptors (Lipinski definition) is 3. The first-order valence-electron chi connectivity index (χ1n) is 4.94. The van der Waals surface area contributed by atoms with E-state index in [4.69, 9.17) is 0 Å². The molecule has 86 valence electrons. The molecule has 0 unspecified atom stereocenters. The van der Waals surface area contributed by atoms with Crippen molar-refractivity contribution in [2.45, 2.75) is 30.5 Å². The summed E-state index contributed by atoms with van der Waals surface area (Å²) in [7, 11) is -3.47. The van der Waals surface area contributed by atoms with Gasteiger partial charge in [0.1, 0.15) is 4.87 Å². The maximum Gasteiger partial charge on any atom is 0.225 e. The second kappa shape index (κ2) is 3.07. The van der Waals surface area contributed by atoms with Crippen molar-refractivity contribution in [1.29, 1.82) is 0 Å². The highest BCUT2D eigenvalue weighted by Crippen LogP contribution is 2.44. The molecule has 2 rings (SSSR count). The molecule has 5 heteroatoms. The molecular weight excluding hydrogens is 226 g/mol. The van der Waals surface area contributed by atoms with Crippen molar-refractivity contribution in [1.82, 2.24) is 0 Å². The molecule has 0 saturated heterocycles. The number of hydrogen-bond donors (Lipinski definition) is 0. The van der Waals surface area contributed by atoms with Crippen LogP contribution in [0.4, 0.5) is 5.69 Å². The lowest BCUT2D eigenvalue weighted by Gasteiger charge is -2.29. The second-order valence-corrected chi connectivity index (χ2v) is 6.72. The Labute approximate surface area is 94.8 Å². The summed E-state index contributed by atoms with van der Waals surface area (Å²) >= 11 is 0. The summed E-state index contributed by atoms with van der Waals surface area (Å²) in [5.74, 6) is -0.265. The Morgan fingerprint density at radius 3 is 2.38 bits per heavy atom. The molecule has 0 aromatic heterocycles. The Bertz CT molecular complexity index is 560. The Hall–Kier alpha value is -1.36. The molecule has 1 aliphatic rings. The fourth-order valence-electron chi connectivity index (χ4n) is 2.10. The lowest BCUT2D eigenvalue weighted by atomic mass is 10.2. The van der Waals surface area contributed by atoms with Crippen LogP contribution in [0, 0.1) is 0 Å². The van der Waals surface area contributed by atoms with E-state index in [2.05, 4.69) is 0 Å². The summed E-state index contributed by atoms with van der Waals surface area (Å²) in [6.45, 7) is 4.47. The summed E-state index contributed by atoms with van der Waals surface area (Å²) in [4.78, 5) is 11.9. The minimum Gasteiger partial charge on any atom is -0.291 e. The predicted octanol–water partition coefficient (Wildman–Crippen LogP) is 1.56. The van der Waals surface area contributed by atoms with Crippen LogP contribution in [0.5, 0.6) is 0 Å². The molecular formula is C11H13NO3S. The zero-order valence-electron chi connectivity index (χ0n) is 9.39. The van der Waals surface area contributed by atoms with Gasteiger partial charge in [-0.1, -0.05) is 12.1 Å². The van der Waals surface area contributed by atoms with Crippen LogP contribution in [-0.2, 0) is 14.6 Å². The second-order valence-electron chi connectivity index (χ2n) is 4.27. The Kier molecular flexibility index (Phi) is 2.14. The number of benzene rings is 1. The van der Waals surface area contributed by atoms with Crippen LogP contribution in [0.1, 0.15) is 20.8 Å². The van der Waals surface area contributed by atoms with Crippen LogP contribution in [-0.4, -0.2) is 19.2 Å². The number of sulfone groups is 1. The molecule has 16 heavy (non-hydrogen) atoms. The van der Waals surface area contributed by atoms with Gasteiger partial charge in [0.2, 0.25) is 15.7 Å². The molecule has 1 amide bonds. The van der Waals surface area contributed by atoms with Gasteiger partial charge in [-0.05, 0) is 26.0 Å².